The molecule has 1 nitrogen and oxygen atoms in total. The van der Waals surface area contributed by atoms with Gasteiger partial charge in [0.25, 0.3) is 0 Å². The van der Waals surface area contributed by atoms with Gasteiger partial charge in [-0.05, 0) is 6.42 Å². The van der Waals surface area contributed by atoms with Crippen molar-refractivity contribution < 1.29 is 4.79 Å². The van der Waals surface area contributed by atoms with E-state index in [0.29, 0.717) is 0 Å². The second-order valence-corrected chi connectivity index (χ2v) is 5.14. The van der Waals surface area contributed by atoms with Crippen LogP contribution >= 0.6 is 0 Å². The average Bonchev–Trinajstić information content (AvgIpc) is 2.40. The van der Waals surface area contributed by atoms with Crippen molar-refractivity contribution in [1.29, 1.82) is 0 Å². The van der Waals surface area contributed by atoms with Crippen LogP contribution in [-0.4, -0.2) is 6.29 Å². The second-order valence-electron chi connectivity index (χ2n) is 5.14. The lowest BCUT2D eigenvalue weighted by Crippen LogP contribution is -1.79. The Morgan fingerprint density at radius 1 is 0.556 bits per heavy atom. The molecule has 1 heteroatoms. The molecule has 0 aliphatic rings. The lowest BCUT2D eigenvalue weighted by atomic mass is 10.1. The Morgan fingerprint density at radius 3 is 1.22 bits per heavy atom. The molecule has 0 unspecified atom stereocenters. The van der Waals surface area contributed by atoms with Crippen molar-refractivity contribution in [1.82, 2.24) is 0 Å². The van der Waals surface area contributed by atoms with Crippen LogP contribution in [-0.2, 0) is 4.79 Å². The fraction of sp³-hybridized carbons (Fsp3) is 0.941. The largest absolute Gasteiger partial charge is 0.303 e. The minimum atomic E-state index is 0.756. The molecule has 0 atom stereocenters. The summed E-state index contributed by atoms with van der Waals surface area (Å²) in [6, 6.07) is 0. The molecule has 0 radical (unpaired) electrons. The standard InChI is InChI=1S/C9H18O.C8H18/c1-2-3-4-5-6-7-8-9-10;1-3-5-7-8-6-4-2/h9H,2-8H2,1H3;3-8H2,1-2H3. The van der Waals surface area contributed by atoms with Gasteiger partial charge in [-0.25, -0.2) is 0 Å². The monoisotopic (exact) mass is 256 g/mol. The van der Waals surface area contributed by atoms with Gasteiger partial charge >= 0.3 is 0 Å². The van der Waals surface area contributed by atoms with Gasteiger partial charge < -0.3 is 4.79 Å². The Balaban J connectivity index is 0. The van der Waals surface area contributed by atoms with E-state index in [-0.39, 0.29) is 0 Å². The lowest BCUT2D eigenvalue weighted by Gasteiger charge is -1.95. The first-order chi connectivity index (χ1) is 8.83. The van der Waals surface area contributed by atoms with Crippen LogP contribution in [0.4, 0.5) is 0 Å². The summed E-state index contributed by atoms with van der Waals surface area (Å²) < 4.78 is 0. The van der Waals surface area contributed by atoms with Gasteiger partial charge in [0.15, 0.2) is 0 Å². The van der Waals surface area contributed by atoms with Crippen molar-refractivity contribution in [2.24, 2.45) is 0 Å². The molecule has 0 aromatic heterocycles. The maximum atomic E-state index is 9.89. The van der Waals surface area contributed by atoms with Crippen molar-refractivity contribution in [2.45, 2.75) is 104 Å². The Kier molecular flexibility index (Phi) is 24.3. The van der Waals surface area contributed by atoms with Crippen LogP contribution in [0.5, 0.6) is 0 Å². The fourth-order valence-electron chi connectivity index (χ4n) is 1.86. The van der Waals surface area contributed by atoms with Crippen LogP contribution in [0, 0.1) is 0 Å². The molecule has 0 heterocycles. The molecule has 0 aromatic carbocycles. The van der Waals surface area contributed by atoms with Gasteiger partial charge in [-0.3, -0.25) is 0 Å². The van der Waals surface area contributed by atoms with Crippen LogP contribution in [0.2, 0.25) is 0 Å². The van der Waals surface area contributed by atoms with Gasteiger partial charge in [0, 0.05) is 6.42 Å². The molecule has 0 rings (SSSR count). The zero-order chi connectivity index (χ0) is 13.9. The van der Waals surface area contributed by atoms with Gasteiger partial charge in [-0.2, -0.15) is 0 Å². The Morgan fingerprint density at radius 2 is 0.889 bits per heavy atom. The second kappa shape index (κ2) is 21.9. The van der Waals surface area contributed by atoms with Crippen LogP contribution in [0.3, 0.4) is 0 Å². The third-order valence-corrected chi connectivity index (χ3v) is 3.13. The third kappa shape index (κ3) is 24.8. The van der Waals surface area contributed by atoms with Crippen molar-refractivity contribution in [3.05, 3.63) is 0 Å². The molecule has 0 spiro atoms. The Labute approximate surface area is 116 Å². The smallest absolute Gasteiger partial charge is 0.119 e. The summed E-state index contributed by atoms with van der Waals surface area (Å²) in [7, 11) is 0. The van der Waals surface area contributed by atoms with Crippen LogP contribution < -0.4 is 0 Å². The van der Waals surface area contributed by atoms with Crippen molar-refractivity contribution in [2.75, 3.05) is 0 Å². The first kappa shape index (κ1) is 20.0. The molecule has 0 fully saturated rings. The molecule has 0 aliphatic heterocycles. The molecular weight excluding hydrogens is 220 g/mol. The van der Waals surface area contributed by atoms with E-state index in [1.807, 2.05) is 0 Å². The normalized spacial score (nSPS) is 9.72. The van der Waals surface area contributed by atoms with Gasteiger partial charge in [-0.1, -0.05) is 91.4 Å². The first-order valence-corrected chi connectivity index (χ1v) is 8.27. The van der Waals surface area contributed by atoms with Crippen molar-refractivity contribution in [3.63, 3.8) is 0 Å². The van der Waals surface area contributed by atoms with E-state index in [1.54, 1.807) is 0 Å². The van der Waals surface area contributed by atoms with E-state index in [0.717, 1.165) is 19.1 Å². The predicted octanol–water partition coefficient (Wildman–Crippen LogP) is 6.30. The van der Waals surface area contributed by atoms with E-state index < -0.39 is 0 Å². The topological polar surface area (TPSA) is 17.1 Å². The maximum absolute atomic E-state index is 9.89. The summed E-state index contributed by atoms with van der Waals surface area (Å²) in [4.78, 5) is 9.89. The SMILES string of the molecule is CCCCCCCC.CCCCCCCCC=O. The summed E-state index contributed by atoms with van der Waals surface area (Å²) in [6.45, 7) is 6.73. The number of rotatable bonds is 12. The highest BCUT2D eigenvalue weighted by molar-refractivity contribution is 5.48. The minimum Gasteiger partial charge on any atom is -0.303 e. The number of carbonyl (C=O) groups is 1. The van der Waals surface area contributed by atoms with Gasteiger partial charge in [-0.15, -0.1) is 0 Å². The number of hydrogen-bond acceptors (Lipinski definition) is 1. The zero-order valence-electron chi connectivity index (χ0n) is 13.2. The molecule has 0 saturated heterocycles. The van der Waals surface area contributed by atoms with Gasteiger partial charge in [0.2, 0.25) is 0 Å². The summed E-state index contributed by atoms with van der Waals surface area (Å²) in [5, 5.41) is 0. The molecule has 0 saturated carbocycles. The average molecular weight is 256 g/mol. The molecule has 0 bridgehead atoms. The number of hydrogen-bond donors (Lipinski definition) is 0. The summed E-state index contributed by atoms with van der Waals surface area (Å²) in [5.74, 6) is 0. The Hall–Kier alpha value is -0.330. The first-order valence-electron chi connectivity index (χ1n) is 8.27. The molecular formula is C17H36O. The summed E-state index contributed by atoms with van der Waals surface area (Å²) in [6.07, 6.45) is 17.9. The van der Waals surface area contributed by atoms with Crippen LogP contribution in [0.1, 0.15) is 104 Å². The van der Waals surface area contributed by atoms with Crippen LogP contribution in [0.25, 0.3) is 0 Å². The zero-order valence-corrected chi connectivity index (χ0v) is 13.2. The Bertz CT molecular complexity index is 126. The highest BCUT2D eigenvalue weighted by atomic mass is 16.1. The van der Waals surface area contributed by atoms with E-state index in [9.17, 15) is 4.79 Å². The molecule has 18 heavy (non-hydrogen) atoms. The highest BCUT2D eigenvalue weighted by Gasteiger charge is 1.87. The molecule has 0 N–H and O–H groups in total. The van der Waals surface area contributed by atoms with E-state index >= 15 is 0 Å². The fourth-order valence-corrected chi connectivity index (χ4v) is 1.86. The molecule has 0 amide bonds. The third-order valence-electron chi connectivity index (χ3n) is 3.13. The van der Waals surface area contributed by atoms with Crippen molar-refractivity contribution in [3.8, 4) is 0 Å². The molecule has 110 valence electrons. The van der Waals surface area contributed by atoms with Crippen LogP contribution in [0.15, 0.2) is 0 Å². The van der Waals surface area contributed by atoms with E-state index in [1.165, 1.54) is 70.6 Å². The highest BCUT2D eigenvalue weighted by Crippen LogP contribution is 2.05. The quantitative estimate of drug-likeness (QED) is 0.296. The minimum absolute atomic E-state index is 0.756. The van der Waals surface area contributed by atoms with E-state index in [4.69, 9.17) is 0 Å². The van der Waals surface area contributed by atoms with Crippen molar-refractivity contribution >= 4 is 6.29 Å². The van der Waals surface area contributed by atoms with Gasteiger partial charge in [0.05, 0.1) is 0 Å². The maximum Gasteiger partial charge on any atom is 0.119 e. The number of carbonyl (C=O) groups excluding carboxylic acids is 1. The van der Waals surface area contributed by atoms with E-state index in [2.05, 4.69) is 20.8 Å². The number of aldehydes is 1. The molecule has 0 aliphatic carbocycles. The lowest BCUT2D eigenvalue weighted by molar-refractivity contribution is -0.107. The summed E-state index contributed by atoms with van der Waals surface area (Å²) >= 11 is 0. The predicted molar refractivity (Wildman–Crippen MR) is 83.1 cm³/mol. The van der Waals surface area contributed by atoms with Gasteiger partial charge in [0.1, 0.15) is 6.29 Å². The summed E-state index contributed by atoms with van der Waals surface area (Å²) in [5.41, 5.74) is 0. The number of unbranched alkanes of at least 4 members (excludes halogenated alkanes) is 11. The molecule has 0 aromatic rings.